The molecule has 0 radical (unpaired) electrons. The largest absolute Gasteiger partial charge is 0.327 e. The molecule has 0 aliphatic rings. The fourth-order valence-electron chi connectivity index (χ4n) is 0.437. The molecule has 0 saturated heterocycles. The van der Waals surface area contributed by atoms with Gasteiger partial charge in [0.1, 0.15) is 11.6 Å². The van der Waals surface area contributed by atoms with Crippen LogP contribution in [0.5, 0.6) is 0 Å². The van der Waals surface area contributed by atoms with Crippen molar-refractivity contribution in [1.82, 2.24) is 0 Å². The summed E-state index contributed by atoms with van der Waals surface area (Å²) in [5.41, 5.74) is 4.94. The summed E-state index contributed by atoms with van der Waals surface area (Å²) in [6, 6.07) is 0. The highest BCUT2D eigenvalue weighted by Crippen LogP contribution is 1.98. The minimum atomic E-state index is -3.24. The summed E-state index contributed by atoms with van der Waals surface area (Å²) in [4.78, 5) is 0. The van der Waals surface area contributed by atoms with E-state index in [1.54, 1.807) is 0 Å². The van der Waals surface area contributed by atoms with Gasteiger partial charge in [0.15, 0.2) is 9.84 Å². The van der Waals surface area contributed by atoms with E-state index in [0.717, 1.165) is 12.3 Å². The Hall–Kier alpha value is -0.420. The first-order valence-corrected chi connectivity index (χ1v) is 4.74. The maximum Gasteiger partial charge on any atom is 0.153 e. The molecular weight excluding hydrogens is 157 g/mol. The molecule has 0 saturated carbocycles. The molecule has 0 atom stereocenters. The molecule has 0 aromatic carbocycles. The van der Waals surface area contributed by atoms with E-state index >= 15 is 0 Å². The first-order valence-electron chi connectivity index (χ1n) is 2.68. The Bertz CT molecular complexity index is 220. The van der Waals surface area contributed by atoms with Crippen molar-refractivity contribution in [3.8, 4) is 0 Å². The lowest BCUT2D eigenvalue weighted by Gasteiger charge is -1.92. The summed E-state index contributed by atoms with van der Waals surface area (Å²) in [6.45, 7) is 0.0291. The molecule has 0 aliphatic heterocycles. The van der Waals surface area contributed by atoms with E-state index < -0.39 is 21.4 Å². The highest BCUT2D eigenvalue weighted by atomic mass is 32.2. The molecule has 10 heavy (non-hydrogen) atoms. The van der Waals surface area contributed by atoms with Crippen LogP contribution in [0.4, 0.5) is 4.39 Å². The van der Waals surface area contributed by atoms with Gasteiger partial charge in [-0.05, 0) is 6.08 Å². The molecule has 0 bridgehead atoms. The number of nitrogens with two attached hydrogens (primary N) is 1. The molecule has 0 aromatic rings. The third-order valence-electron chi connectivity index (χ3n) is 0.739. The fraction of sp³-hybridized carbons (Fsp3) is 0.600. The van der Waals surface area contributed by atoms with Crippen molar-refractivity contribution in [3.63, 3.8) is 0 Å². The van der Waals surface area contributed by atoms with Gasteiger partial charge < -0.3 is 5.73 Å². The molecule has 0 aliphatic carbocycles. The smallest absolute Gasteiger partial charge is 0.153 e. The average Bonchev–Trinajstić information content (AvgIpc) is 1.59. The molecule has 0 rings (SSSR count). The summed E-state index contributed by atoms with van der Waals surface area (Å²) in [7, 11) is -3.24. The Morgan fingerprint density at radius 1 is 1.70 bits per heavy atom. The Morgan fingerprint density at radius 3 is 2.50 bits per heavy atom. The summed E-state index contributed by atoms with van der Waals surface area (Å²) in [6.07, 6.45) is 2.01. The topological polar surface area (TPSA) is 60.2 Å². The van der Waals surface area contributed by atoms with Crippen molar-refractivity contribution in [1.29, 1.82) is 0 Å². The summed E-state index contributed by atoms with van der Waals surface area (Å²) >= 11 is 0. The van der Waals surface area contributed by atoms with Gasteiger partial charge in [0.25, 0.3) is 0 Å². The second-order valence-electron chi connectivity index (χ2n) is 1.96. The molecule has 0 spiro atoms. The second-order valence-corrected chi connectivity index (χ2v) is 4.10. The van der Waals surface area contributed by atoms with E-state index in [9.17, 15) is 12.8 Å². The van der Waals surface area contributed by atoms with Gasteiger partial charge >= 0.3 is 0 Å². The highest BCUT2D eigenvalue weighted by molar-refractivity contribution is 7.90. The zero-order valence-corrected chi connectivity index (χ0v) is 6.49. The van der Waals surface area contributed by atoms with Crippen LogP contribution in [0.15, 0.2) is 11.9 Å². The zero-order chi connectivity index (χ0) is 8.20. The Kier molecular flexibility index (Phi) is 3.52. The van der Waals surface area contributed by atoms with Crippen molar-refractivity contribution in [3.05, 3.63) is 11.9 Å². The van der Waals surface area contributed by atoms with Crippen LogP contribution >= 0.6 is 0 Å². The summed E-state index contributed by atoms with van der Waals surface area (Å²) < 4.78 is 33.1. The fourth-order valence-corrected chi connectivity index (χ4v) is 1.06. The second kappa shape index (κ2) is 3.68. The summed E-state index contributed by atoms with van der Waals surface area (Å²) in [5.74, 6) is -1.24. The van der Waals surface area contributed by atoms with Gasteiger partial charge in [-0.15, -0.1) is 0 Å². The Balaban J connectivity index is 4.05. The average molecular weight is 167 g/mol. The standard InChI is InChI=1S/C5H10FNO2S/c1-10(8,9)4-5(6)2-3-7/h2H,3-4,7H2,1H3/b5-2-. The predicted molar refractivity (Wildman–Crippen MR) is 38.0 cm³/mol. The number of hydrogen-bond acceptors (Lipinski definition) is 3. The van der Waals surface area contributed by atoms with Crippen LogP contribution < -0.4 is 5.73 Å². The lowest BCUT2D eigenvalue weighted by molar-refractivity contribution is 0.588. The normalized spacial score (nSPS) is 13.7. The number of halogens is 1. The number of rotatable bonds is 3. The van der Waals surface area contributed by atoms with E-state index in [1.165, 1.54) is 0 Å². The van der Waals surface area contributed by atoms with Gasteiger partial charge in [-0.1, -0.05) is 0 Å². The van der Waals surface area contributed by atoms with Gasteiger partial charge in [-0.25, -0.2) is 12.8 Å². The van der Waals surface area contributed by atoms with E-state index in [4.69, 9.17) is 5.73 Å². The van der Waals surface area contributed by atoms with Gasteiger partial charge in [0, 0.05) is 12.8 Å². The van der Waals surface area contributed by atoms with E-state index in [0.29, 0.717) is 0 Å². The zero-order valence-electron chi connectivity index (χ0n) is 5.67. The predicted octanol–water partition coefficient (Wildman–Crippen LogP) is -0.157. The molecule has 5 heteroatoms. The molecule has 60 valence electrons. The molecule has 3 nitrogen and oxygen atoms in total. The van der Waals surface area contributed by atoms with Crippen LogP contribution in [-0.4, -0.2) is 27.0 Å². The molecule has 2 N–H and O–H groups in total. The van der Waals surface area contributed by atoms with Gasteiger partial charge in [0.05, 0.1) is 0 Å². The molecule has 0 fully saturated rings. The third-order valence-corrected chi connectivity index (χ3v) is 1.54. The summed E-state index contributed by atoms with van der Waals surface area (Å²) in [5, 5.41) is 0. The minimum absolute atomic E-state index is 0.0291. The molecule has 0 aromatic heterocycles. The van der Waals surface area contributed by atoms with E-state index in [2.05, 4.69) is 0 Å². The van der Waals surface area contributed by atoms with Gasteiger partial charge in [-0.3, -0.25) is 0 Å². The van der Waals surface area contributed by atoms with E-state index in [1.807, 2.05) is 0 Å². The third kappa shape index (κ3) is 5.71. The minimum Gasteiger partial charge on any atom is -0.327 e. The van der Waals surface area contributed by atoms with Crippen molar-refractivity contribution >= 4 is 9.84 Å². The Labute approximate surface area is 59.6 Å². The van der Waals surface area contributed by atoms with Crippen molar-refractivity contribution in [2.75, 3.05) is 18.6 Å². The molecule has 0 unspecified atom stereocenters. The lowest BCUT2D eigenvalue weighted by Crippen LogP contribution is -2.05. The van der Waals surface area contributed by atoms with Gasteiger partial charge in [0.2, 0.25) is 0 Å². The van der Waals surface area contributed by atoms with E-state index in [-0.39, 0.29) is 6.54 Å². The van der Waals surface area contributed by atoms with Crippen LogP contribution in [0.25, 0.3) is 0 Å². The molecule has 0 amide bonds. The van der Waals surface area contributed by atoms with Crippen molar-refractivity contribution < 1.29 is 12.8 Å². The Morgan fingerprint density at radius 2 is 2.20 bits per heavy atom. The van der Waals surface area contributed by atoms with Crippen LogP contribution in [-0.2, 0) is 9.84 Å². The monoisotopic (exact) mass is 167 g/mol. The maximum absolute atomic E-state index is 12.3. The molecular formula is C5H10FNO2S. The van der Waals surface area contributed by atoms with Crippen LogP contribution in [0.2, 0.25) is 0 Å². The van der Waals surface area contributed by atoms with Gasteiger partial charge in [-0.2, -0.15) is 0 Å². The first-order chi connectivity index (χ1) is 4.45. The molecule has 0 heterocycles. The lowest BCUT2D eigenvalue weighted by atomic mass is 10.5. The quantitative estimate of drug-likeness (QED) is 0.635. The maximum atomic E-state index is 12.3. The SMILES string of the molecule is CS(=O)(=O)C/C(F)=C/CN. The number of hydrogen-bond donors (Lipinski definition) is 1. The highest BCUT2D eigenvalue weighted by Gasteiger charge is 2.04. The van der Waals surface area contributed by atoms with Crippen LogP contribution in [0.3, 0.4) is 0 Å². The first kappa shape index (κ1) is 9.58. The number of sulfone groups is 1. The van der Waals surface area contributed by atoms with Crippen molar-refractivity contribution in [2.45, 2.75) is 0 Å². The van der Waals surface area contributed by atoms with Crippen LogP contribution in [0.1, 0.15) is 0 Å². The van der Waals surface area contributed by atoms with Crippen LogP contribution in [0, 0.1) is 0 Å². The van der Waals surface area contributed by atoms with Crippen molar-refractivity contribution in [2.24, 2.45) is 5.73 Å².